The lowest BCUT2D eigenvalue weighted by Gasteiger charge is -2.37. The Bertz CT molecular complexity index is 1020. The van der Waals surface area contributed by atoms with E-state index < -0.39 is 0 Å². The zero-order chi connectivity index (χ0) is 19.7. The minimum atomic E-state index is -0.00154. The Morgan fingerprint density at radius 3 is 2.54 bits per heavy atom. The molecule has 1 fully saturated rings. The number of carbonyl (C=O) groups excluding carboxylic acids is 1. The number of aryl methyl sites for hydroxylation is 1. The maximum atomic E-state index is 13.0. The van der Waals surface area contributed by atoms with Gasteiger partial charge >= 0.3 is 0 Å². The quantitative estimate of drug-likeness (QED) is 0.698. The van der Waals surface area contributed by atoms with Crippen molar-refractivity contribution in [3.05, 3.63) is 65.4 Å². The molecule has 1 amide bonds. The van der Waals surface area contributed by atoms with Crippen LogP contribution in [0.15, 0.2) is 48.5 Å². The first-order valence-electron chi connectivity index (χ1n) is 9.62. The third-order valence-electron chi connectivity index (χ3n) is 5.60. The van der Waals surface area contributed by atoms with Crippen molar-refractivity contribution in [1.82, 2.24) is 9.88 Å². The molecule has 2 heterocycles. The van der Waals surface area contributed by atoms with Crippen LogP contribution in [0.5, 0.6) is 5.75 Å². The van der Waals surface area contributed by atoms with Crippen LogP contribution in [0.2, 0.25) is 0 Å². The maximum Gasteiger partial charge on any atom is 0.272 e. The molecule has 1 saturated heterocycles. The van der Waals surface area contributed by atoms with Gasteiger partial charge in [0, 0.05) is 37.3 Å². The Labute approximate surface area is 165 Å². The molecule has 2 aromatic carbocycles. The predicted octanol–water partition coefficient (Wildman–Crippen LogP) is 3.82. The van der Waals surface area contributed by atoms with Gasteiger partial charge in [0.1, 0.15) is 11.4 Å². The van der Waals surface area contributed by atoms with Crippen molar-refractivity contribution in [1.29, 1.82) is 0 Å². The number of methoxy groups -OCH3 is 1. The summed E-state index contributed by atoms with van der Waals surface area (Å²) in [7, 11) is 1.64. The molecule has 0 atom stereocenters. The van der Waals surface area contributed by atoms with Crippen molar-refractivity contribution >= 4 is 22.5 Å². The summed E-state index contributed by atoms with van der Waals surface area (Å²) in [4.78, 5) is 21.8. The van der Waals surface area contributed by atoms with Gasteiger partial charge in [0.05, 0.1) is 12.6 Å². The monoisotopic (exact) mass is 375 g/mol. The fourth-order valence-corrected chi connectivity index (χ4v) is 3.74. The number of carbonyl (C=O) groups is 1. The van der Waals surface area contributed by atoms with Crippen molar-refractivity contribution in [2.75, 3.05) is 38.2 Å². The van der Waals surface area contributed by atoms with Crippen LogP contribution in [-0.4, -0.2) is 49.1 Å². The molecule has 0 bridgehead atoms. The highest BCUT2D eigenvalue weighted by Crippen LogP contribution is 2.24. The summed E-state index contributed by atoms with van der Waals surface area (Å²) in [5.41, 5.74) is 5.19. The van der Waals surface area contributed by atoms with Crippen LogP contribution < -0.4 is 9.64 Å². The molecule has 5 heteroatoms. The second-order valence-electron chi connectivity index (χ2n) is 7.25. The van der Waals surface area contributed by atoms with E-state index in [2.05, 4.69) is 41.9 Å². The van der Waals surface area contributed by atoms with E-state index in [0.717, 1.165) is 29.7 Å². The van der Waals surface area contributed by atoms with Crippen molar-refractivity contribution in [2.45, 2.75) is 13.8 Å². The molecule has 1 aromatic heterocycles. The first kappa shape index (κ1) is 18.3. The van der Waals surface area contributed by atoms with Gasteiger partial charge < -0.3 is 14.5 Å². The average molecular weight is 375 g/mol. The van der Waals surface area contributed by atoms with Gasteiger partial charge in [-0.2, -0.15) is 0 Å². The summed E-state index contributed by atoms with van der Waals surface area (Å²) < 4.78 is 5.25. The third kappa shape index (κ3) is 3.40. The normalized spacial score (nSPS) is 14.4. The Kier molecular flexibility index (Phi) is 4.90. The van der Waals surface area contributed by atoms with Crippen LogP contribution in [0.1, 0.15) is 21.6 Å². The first-order chi connectivity index (χ1) is 13.6. The number of pyridine rings is 1. The lowest BCUT2D eigenvalue weighted by atomic mass is 10.1. The fourth-order valence-electron chi connectivity index (χ4n) is 3.74. The van der Waals surface area contributed by atoms with E-state index in [4.69, 9.17) is 4.74 Å². The van der Waals surface area contributed by atoms with Crippen molar-refractivity contribution in [3.63, 3.8) is 0 Å². The second kappa shape index (κ2) is 7.50. The highest BCUT2D eigenvalue weighted by molar-refractivity contribution is 5.95. The fraction of sp³-hybridized carbons (Fsp3) is 0.304. The van der Waals surface area contributed by atoms with Gasteiger partial charge in [-0.25, -0.2) is 4.98 Å². The van der Waals surface area contributed by atoms with Crippen LogP contribution >= 0.6 is 0 Å². The smallest absolute Gasteiger partial charge is 0.272 e. The lowest BCUT2D eigenvalue weighted by Crippen LogP contribution is -2.49. The van der Waals surface area contributed by atoms with Gasteiger partial charge in [-0.15, -0.1) is 0 Å². The van der Waals surface area contributed by atoms with E-state index in [1.54, 1.807) is 13.2 Å². The lowest BCUT2D eigenvalue weighted by molar-refractivity contribution is 0.0741. The molecular formula is C23H25N3O2. The topological polar surface area (TPSA) is 45.7 Å². The van der Waals surface area contributed by atoms with Crippen LogP contribution in [0.4, 0.5) is 5.69 Å². The highest BCUT2D eigenvalue weighted by Gasteiger charge is 2.24. The molecule has 0 saturated carbocycles. The number of anilines is 1. The number of aromatic nitrogens is 1. The molecule has 5 nitrogen and oxygen atoms in total. The zero-order valence-corrected chi connectivity index (χ0v) is 16.6. The number of hydrogen-bond donors (Lipinski definition) is 0. The molecule has 0 N–H and O–H groups in total. The van der Waals surface area contributed by atoms with Gasteiger partial charge in [0.25, 0.3) is 5.91 Å². The number of amides is 1. The van der Waals surface area contributed by atoms with Crippen LogP contribution in [0, 0.1) is 13.8 Å². The van der Waals surface area contributed by atoms with E-state index in [1.165, 1.54) is 16.8 Å². The summed E-state index contributed by atoms with van der Waals surface area (Å²) in [6.07, 6.45) is 0. The van der Waals surface area contributed by atoms with Crippen molar-refractivity contribution in [3.8, 4) is 5.75 Å². The third-order valence-corrected chi connectivity index (χ3v) is 5.60. The second-order valence-corrected chi connectivity index (χ2v) is 7.25. The molecule has 3 aromatic rings. The van der Waals surface area contributed by atoms with Gasteiger partial charge in [-0.05, 0) is 55.3 Å². The number of piperazine rings is 1. The molecule has 1 aliphatic rings. The molecular weight excluding hydrogens is 350 g/mol. The average Bonchev–Trinajstić information content (AvgIpc) is 2.74. The van der Waals surface area contributed by atoms with E-state index in [0.29, 0.717) is 18.8 Å². The number of ether oxygens (including phenoxy) is 1. The summed E-state index contributed by atoms with van der Waals surface area (Å²) in [5.74, 6) is 0.786. The molecule has 0 unspecified atom stereocenters. The number of fused-ring (bicyclic) bond motifs is 1. The Balaban J connectivity index is 1.48. The Morgan fingerprint density at radius 1 is 1.00 bits per heavy atom. The standard InChI is InChI=1S/C23H25N3O2/c1-16-5-4-6-22(17(16)2)25-11-13-26(14-12-25)23(27)21-9-7-18-15-19(28-3)8-10-20(18)24-21/h4-10,15H,11-14H2,1-3H3. The largest absolute Gasteiger partial charge is 0.497 e. The van der Waals surface area contributed by atoms with Gasteiger partial charge in [0.2, 0.25) is 0 Å². The molecule has 0 spiro atoms. The number of nitrogens with zero attached hydrogens (tertiary/aromatic N) is 3. The summed E-state index contributed by atoms with van der Waals surface area (Å²) in [5, 5.41) is 0.968. The van der Waals surface area contributed by atoms with Crippen molar-refractivity contribution < 1.29 is 9.53 Å². The number of benzene rings is 2. The number of hydrogen-bond acceptors (Lipinski definition) is 4. The summed E-state index contributed by atoms with van der Waals surface area (Å²) >= 11 is 0. The molecule has 0 radical (unpaired) electrons. The predicted molar refractivity (Wildman–Crippen MR) is 112 cm³/mol. The SMILES string of the molecule is COc1ccc2nc(C(=O)N3CCN(c4cccc(C)c4C)CC3)ccc2c1. The summed E-state index contributed by atoms with van der Waals surface area (Å²) in [6, 6.07) is 15.8. The first-order valence-corrected chi connectivity index (χ1v) is 9.62. The van der Waals surface area contributed by atoms with Gasteiger partial charge in [-0.3, -0.25) is 4.79 Å². The Morgan fingerprint density at radius 2 is 1.79 bits per heavy atom. The minimum Gasteiger partial charge on any atom is -0.497 e. The molecule has 1 aliphatic heterocycles. The van der Waals surface area contributed by atoms with E-state index in [-0.39, 0.29) is 5.91 Å². The number of rotatable bonds is 3. The van der Waals surface area contributed by atoms with E-state index in [1.807, 2.05) is 29.2 Å². The van der Waals surface area contributed by atoms with Crippen LogP contribution in [0.25, 0.3) is 10.9 Å². The zero-order valence-electron chi connectivity index (χ0n) is 16.6. The van der Waals surface area contributed by atoms with Crippen molar-refractivity contribution in [2.24, 2.45) is 0 Å². The molecule has 4 rings (SSSR count). The maximum absolute atomic E-state index is 13.0. The Hall–Kier alpha value is -3.08. The van der Waals surface area contributed by atoms with E-state index >= 15 is 0 Å². The van der Waals surface area contributed by atoms with Gasteiger partial charge in [-0.1, -0.05) is 18.2 Å². The van der Waals surface area contributed by atoms with E-state index in [9.17, 15) is 4.79 Å². The minimum absolute atomic E-state index is 0.00154. The molecule has 0 aliphatic carbocycles. The molecule has 144 valence electrons. The summed E-state index contributed by atoms with van der Waals surface area (Å²) in [6.45, 7) is 7.38. The molecule has 28 heavy (non-hydrogen) atoms. The van der Waals surface area contributed by atoms with Gasteiger partial charge in [0.15, 0.2) is 0 Å². The van der Waals surface area contributed by atoms with Crippen LogP contribution in [-0.2, 0) is 0 Å². The highest BCUT2D eigenvalue weighted by atomic mass is 16.5. The van der Waals surface area contributed by atoms with Crippen LogP contribution in [0.3, 0.4) is 0 Å².